The first-order valence-electron chi connectivity index (χ1n) is 6.57. The Kier molecular flexibility index (Phi) is 4.35. The van der Waals surface area contributed by atoms with Crippen molar-refractivity contribution in [1.82, 2.24) is 4.75 Å². The van der Waals surface area contributed by atoms with Crippen LogP contribution in [0.2, 0.25) is 19.6 Å². The molecule has 2 unspecified atom stereocenters. The van der Waals surface area contributed by atoms with Crippen LogP contribution < -0.4 is 15.4 Å². The van der Waals surface area contributed by atoms with Crippen LogP contribution in [0.15, 0.2) is 36.4 Å². The summed E-state index contributed by atoms with van der Waals surface area (Å²) >= 11 is 19.5. The van der Waals surface area contributed by atoms with Crippen molar-refractivity contribution in [3.63, 3.8) is 0 Å². The van der Waals surface area contributed by atoms with Crippen LogP contribution in [0.25, 0.3) is 10.8 Å². The number of hydrogen-bond donors (Lipinski definition) is 1. The van der Waals surface area contributed by atoms with E-state index in [0.717, 1.165) is 0 Å². The van der Waals surface area contributed by atoms with Crippen molar-refractivity contribution in [2.24, 2.45) is 0 Å². The molecule has 0 fully saturated rings. The SMILES string of the molecule is C[Si](C)(C)NP1(=S)SP(=S)([S-])c2cccc3cccc1c23. The van der Waals surface area contributed by atoms with Crippen molar-refractivity contribution in [3.05, 3.63) is 36.4 Å². The highest BCUT2D eigenvalue weighted by Gasteiger charge is 2.35. The number of hydrogen-bond acceptors (Lipinski definition) is 4. The minimum absolute atomic E-state index is 1.17. The summed E-state index contributed by atoms with van der Waals surface area (Å²) in [6, 6.07) is 12.7. The molecule has 2 aromatic rings. The summed E-state index contributed by atoms with van der Waals surface area (Å²) in [6.45, 7) is 6.86. The molecule has 2 atom stereocenters. The molecule has 2 aromatic carbocycles. The summed E-state index contributed by atoms with van der Waals surface area (Å²) < 4.78 is 1.75. The third-order valence-electron chi connectivity index (χ3n) is 3.18. The molecule has 0 amide bonds. The van der Waals surface area contributed by atoms with E-state index in [1.165, 1.54) is 21.4 Å². The number of rotatable bonds is 2. The molecule has 0 radical (unpaired) electrons. The highest BCUT2D eigenvalue weighted by atomic mass is 33.4. The summed E-state index contributed by atoms with van der Waals surface area (Å²) in [5, 5.41) is 2.94. The average molecular weight is 405 g/mol. The Hall–Kier alpha value is 0.877. The summed E-state index contributed by atoms with van der Waals surface area (Å²) in [5.41, 5.74) is 0. The molecule has 1 nitrogen and oxygen atoms in total. The first-order valence-corrected chi connectivity index (χ1v) is 18.7. The Balaban J connectivity index is 2.38. The first-order chi connectivity index (χ1) is 9.62. The molecule has 0 aromatic heterocycles. The second kappa shape index (κ2) is 5.46. The quantitative estimate of drug-likeness (QED) is 0.450. The Morgan fingerprint density at radius 1 is 1.05 bits per heavy atom. The van der Waals surface area contributed by atoms with Gasteiger partial charge in [-0.2, -0.15) is 0 Å². The Bertz CT molecular complexity index is 825. The molecular formula is C13H16NP2S4Si-. The van der Waals surface area contributed by atoms with Crippen LogP contribution in [-0.4, -0.2) is 8.24 Å². The lowest BCUT2D eigenvalue weighted by molar-refractivity contribution is 1.44. The molecule has 0 bridgehead atoms. The zero-order valence-electron chi connectivity index (χ0n) is 12.0. The first kappa shape index (κ1) is 16.7. The van der Waals surface area contributed by atoms with Gasteiger partial charge in [0.1, 0.15) is 8.24 Å². The highest BCUT2D eigenvalue weighted by Crippen LogP contribution is 2.77. The molecule has 1 N–H and O–H groups in total. The minimum atomic E-state index is -2.06. The van der Waals surface area contributed by atoms with Gasteiger partial charge in [-0.1, -0.05) is 83.3 Å². The van der Waals surface area contributed by atoms with Gasteiger partial charge in [0.2, 0.25) is 0 Å². The van der Waals surface area contributed by atoms with Crippen molar-refractivity contribution in [1.29, 1.82) is 0 Å². The molecule has 3 rings (SSSR count). The highest BCUT2D eigenvalue weighted by molar-refractivity contribution is 9.12. The van der Waals surface area contributed by atoms with E-state index in [0.29, 0.717) is 0 Å². The summed E-state index contributed by atoms with van der Waals surface area (Å²) in [4.78, 5) is 0. The maximum Gasteiger partial charge on any atom is 0.122 e. The van der Waals surface area contributed by atoms with Crippen LogP contribution in [0.4, 0.5) is 0 Å². The van der Waals surface area contributed by atoms with Gasteiger partial charge < -0.3 is 12.2 Å². The zero-order chi connectivity index (χ0) is 15.5. The summed E-state index contributed by atoms with van der Waals surface area (Å²) in [6.07, 6.45) is 0. The predicted molar refractivity (Wildman–Crippen MR) is 113 cm³/mol. The van der Waals surface area contributed by atoms with Crippen molar-refractivity contribution >= 4 is 86.3 Å². The molecule has 0 saturated carbocycles. The number of nitrogens with one attached hydrogen (secondary N) is 1. The maximum absolute atomic E-state index is 6.13. The fourth-order valence-corrected chi connectivity index (χ4v) is 33.7. The smallest absolute Gasteiger partial charge is 0.122 e. The Morgan fingerprint density at radius 2 is 1.62 bits per heavy atom. The van der Waals surface area contributed by atoms with E-state index in [4.69, 9.17) is 35.9 Å². The average Bonchev–Trinajstić information content (AvgIpc) is 2.33. The molecule has 1 heterocycles. The largest absolute Gasteiger partial charge is 0.731 e. The molecule has 21 heavy (non-hydrogen) atoms. The van der Waals surface area contributed by atoms with Gasteiger partial charge in [0.25, 0.3) is 0 Å². The molecule has 0 aliphatic carbocycles. The van der Waals surface area contributed by atoms with Crippen LogP contribution >= 0.6 is 20.8 Å². The van der Waals surface area contributed by atoms with E-state index in [2.05, 4.69) is 60.8 Å². The Morgan fingerprint density at radius 3 is 2.19 bits per heavy atom. The molecule has 1 aliphatic heterocycles. The molecule has 112 valence electrons. The number of benzene rings is 2. The maximum atomic E-state index is 6.13. The minimum Gasteiger partial charge on any atom is -0.731 e. The van der Waals surface area contributed by atoms with Gasteiger partial charge in [-0.05, 0) is 16.1 Å². The molecule has 1 aliphatic rings. The van der Waals surface area contributed by atoms with Gasteiger partial charge in [-0.25, -0.2) is 0 Å². The van der Waals surface area contributed by atoms with Crippen molar-refractivity contribution < 1.29 is 0 Å². The van der Waals surface area contributed by atoms with Gasteiger partial charge in [-0.3, -0.25) is 4.75 Å². The third-order valence-corrected chi connectivity index (χ3v) is 24.8. The van der Waals surface area contributed by atoms with Crippen LogP contribution in [0.3, 0.4) is 0 Å². The fraction of sp³-hybridized carbons (Fsp3) is 0.231. The predicted octanol–water partition coefficient (Wildman–Crippen LogP) is 4.43. The monoisotopic (exact) mass is 404 g/mol. The third kappa shape index (κ3) is 3.11. The van der Waals surface area contributed by atoms with Gasteiger partial charge >= 0.3 is 0 Å². The van der Waals surface area contributed by atoms with E-state index < -0.39 is 18.1 Å². The van der Waals surface area contributed by atoms with Gasteiger partial charge in [-0.15, -0.1) is 11.8 Å². The zero-order valence-corrected chi connectivity index (χ0v) is 18.0. The second-order valence-electron chi connectivity index (χ2n) is 6.14. The molecule has 0 saturated heterocycles. The van der Waals surface area contributed by atoms with E-state index in [-0.39, 0.29) is 0 Å². The van der Waals surface area contributed by atoms with Crippen molar-refractivity contribution in [2.45, 2.75) is 19.6 Å². The second-order valence-corrected chi connectivity index (χ2v) is 27.7. The van der Waals surface area contributed by atoms with Crippen molar-refractivity contribution in [3.8, 4) is 0 Å². The topological polar surface area (TPSA) is 12.0 Å². The van der Waals surface area contributed by atoms with Gasteiger partial charge in [0, 0.05) is 5.30 Å². The summed E-state index contributed by atoms with van der Waals surface area (Å²) in [7, 11) is -1.52. The van der Waals surface area contributed by atoms with E-state index >= 15 is 0 Å². The van der Waals surface area contributed by atoms with E-state index in [1.807, 2.05) is 0 Å². The normalized spacial score (nSPS) is 28.8. The standard InChI is InChI=1S/C13H17NP2S4Si/c1-21(2,3)14-15(17)11-8-4-6-10-7-5-9-12(13(10)11)16(18,19)20-15/h4-9H,1-3H3,(H,14,17)(H,18,19)/p-1. The van der Waals surface area contributed by atoms with Gasteiger partial charge in [0.15, 0.2) is 0 Å². The van der Waals surface area contributed by atoms with Crippen LogP contribution in [-0.2, 0) is 35.9 Å². The van der Waals surface area contributed by atoms with Gasteiger partial charge in [0.05, 0.1) is 5.39 Å². The van der Waals surface area contributed by atoms with E-state index in [9.17, 15) is 0 Å². The molecule has 8 heteroatoms. The lowest BCUT2D eigenvalue weighted by atomic mass is 10.1. The fourth-order valence-electron chi connectivity index (χ4n) is 2.54. The Labute approximate surface area is 146 Å². The lowest BCUT2D eigenvalue weighted by Crippen LogP contribution is -2.41. The van der Waals surface area contributed by atoms with Crippen LogP contribution in [0.1, 0.15) is 0 Å². The van der Waals surface area contributed by atoms with Crippen molar-refractivity contribution in [2.75, 3.05) is 0 Å². The lowest BCUT2D eigenvalue weighted by Gasteiger charge is -2.43. The molecular weight excluding hydrogens is 388 g/mol. The summed E-state index contributed by atoms with van der Waals surface area (Å²) in [5.74, 6) is 0. The molecule has 0 spiro atoms. The van der Waals surface area contributed by atoms with Crippen LogP contribution in [0.5, 0.6) is 0 Å². The van der Waals surface area contributed by atoms with E-state index in [1.54, 1.807) is 11.0 Å². The van der Waals surface area contributed by atoms with Crippen LogP contribution in [0, 0.1) is 0 Å².